The minimum absolute atomic E-state index is 0.114. The Balaban J connectivity index is 1.49. The van der Waals surface area contributed by atoms with Gasteiger partial charge in [-0.15, -0.1) is 0 Å². The van der Waals surface area contributed by atoms with E-state index < -0.39 is 11.9 Å². The van der Waals surface area contributed by atoms with Crippen LogP contribution in [0.15, 0.2) is 60.8 Å². The number of pyridine rings is 1. The molecule has 0 aliphatic rings. The number of anilines is 2. The fourth-order valence-electron chi connectivity index (χ4n) is 2.80. The van der Waals surface area contributed by atoms with Gasteiger partial charge in [-0.2, -0.15) is 0 Å². The lowest BCUT2D eigenvalue weighted by Crippen LogP contribution is -2.16. The Morgan fingerprint density at radius 1 is 0.970 bits per heavy atom. The summed E-state index contributed by atoms with van der Waals surface area (Å²) in [5.41, 5.74) is 0.168. The van der Waals surface area contributed by atoms with E-state index in [0.29, 0.717) is 30.5 Å². The van der Waals surface area contributed by atoms with Crippen LogP contribution in [0.2, 0.25) is 10.0 Å². The van der Waals surface area contributed by atoms with Crippen LogP contribution in [-0.4, -0.2) is 48.3 Å². The molecule has 3 N–H and O–H groups in total. The molecule has 0 aliphatic heterocycles. The summed E-state index contributed by atoms with van der Waals surface area (Å²) in [5.74, 6) is -0.662. The monoisotopic (exact) mass is 489 g/mol. The number of nitrogens with zero attached hydrogens (tertiary/aromatic N) is 1. The molecule has 172 valence electrons. The van der Waals surface area contributed by atoms with Crippen LogP contribution >= 0.6 is 23.2 Å². The van der Waals surface area contributed by atoms with Crippen molar-refractivity contribution in [3.05, 3.63) is 82.0 Å². The number of amides is 1. The second-order valence-corrected chi connectivity index (χ2v) is 7.54. The minimum atomic E-state index is -1.21. The van der Waals surface area contributed by atoms with Crippen LogP contribution in [-0.2, 0) is 4.74 Å². The summed E-state index contributed by atoms with van der Waals surface area (Å²) in [6, 6.07) is 14.4. The van der Waals surface area contributed by atoms with Gasteiger partial charge in [-0.05, 0) is 48.5 Å². The van der Waals surface area contributed by atoms with Crippen molar-refractivity contribution in [2.75, 3.05) is 37.0 Å². The zero-order valence-corrected chi connectivity index (χ0v) is 18.9. The number of aromatic nitrogens is 1. The zero-order valence-electron chi connectivity index (χ0n) is 17.4. The number of carboxylic acids is 1. The molecule has 0 aliphatic carbocycles. The molecule has 8 nitrogen and oxygen atoms in total. The van der Waals surface area contributed by atoms with Crippen molar-refractivity contribution < 1.29 is 24.2 Å². The van der Waals surface area contributed by atoms with E-state index in [9.17, 15) is 14.7 Å². The smallest absolute Gasteiger partial charge is 0.337 e. The number of nitrogens with one attached hydrogen (secondary N) is 2. The maximum Gasteiger partial charge on any atom is 0.337 e. The highest BCUT2D eigenvalue weighted by Gasteiger charge is 2.17. The molecule has 0 bridgehead atoms. The van der Waals surface area contributed by atoms with Gasteiger partial charge in [-0.1, -0.05) is 29.3 Å². The fraction of sp³-hybridized carbons (Fsp3) is 0.174. The molecular formula is C23H21Cl2N3O5. The summed E-state index contributed by atoms with van der Waals surface area (Å²) in [5, 5.41) is 15.8. The Hall–Kier alpha value is -3.33. The normalized spacial score (nSPS) is 10.5. The van der Waals surface area contributed by atoms with E-state index in [-0.39, 0.29) is 28.4 Å². The van der Waals surface area contributed by atoms with E-state index in [1.165, 1.54) is 30.3 Å². The lowest BCUT2D eigenvalue weighted by molar-refractivity contribution is 0.0697. The third-order valence-electron chi connectivity index (χ3n) is 4.36. The second kappa shape index (κ2) is 12.1. The number of halogens is 2. The average Bonchev–Trinajstić information content (AvgIpc) is 2.79. The van der Waals surface area contributed by atoms with Gasteiger partial charge in [0.15, 0.2) is 0 Å². The highest BCUT2D eigenvalue weighted by Crippen LogP contribution is 2.25. The number of hydrogen-bond donors (Lipinski definition) is 3. The van der Waals surface area contributed by atoms with Crippen molar-refractivity contribution in [3.8, 4) is 5.75 Å². The fourth-order valence-corrected chi connectivity index (χ4v) is 3.30. The molecule has 3 rings (SSSR count). The average molecular weight is 490 g/mol. The van der Waals surface area contributed by atoms with Gasteiger partial charge in [0.2, 0.25) is 0 Å². The number of rotatable bonds is 11. The number of carbonyl (C=O) groups is 2. The molecule has 1 amide bonds. The van der Waals surface area contributed by atoms with Gasteiger partial charge in [0.05, 0.1) is 35.1 Å². The summed E-state index contributed by atoms with van der Waals surface area (Å²) in [6.45, 7) is 1.60. The van der Waals surface area contributed by atoms with Gasteiger partial charge < -0.3 is 25.2 Å². The molecule has 0 unspecified atom stereocenters. The summed E-state index contributed by atoms with van der Waals surface area (Å²) in [4.78, 5) is 28.3. The third kappa shape index (κ3) is 7.35. The van der Waals surface area contributed by atoms with Crippen LogP contribution in [0.1, 0.15) is 20.7 Å². The highest BCUT2D eigenvalue weighted by molar-refractivity contribution is 6.37. The predicted molar refractivity (Wildman–Crippen MR) is 127 cm³/mol. The van der Waals surface area contributed by atoms with Crippen molar-refractivity contribution in [2.45, 2.75) is 0 Å². The van der Waals surface area contributed by atoms with Crippen LogP contribution in [0, 0.1) is 0 Å². The van der Waals surface area contributed by atoms with Crippen molar-refractivity contribution >= 4 is 46.6 Å². The largest absolute Gasteiger partial charge is 0.491 e. The molecule has 0 fully saturated rings. The number of hydrogen-bond acceptors (Lipinski definition) is 6. The number of ether oxygens (including phenoxy) is 2. The van der Waals surface area contributed by atoms with Crippen LogP contribution in [0.5, 0.6) is 5.75 Å². The van der Waals surface area contributed by atoms with E-state index in [1.54, 1.807) is 12.3 Å². The first-order valence-corrected chi connectivity index (χ1v) is 10.7. The molecular weight excluding hydrogens is 469 g/mol. The molecule has 0 saturated heterocycles. The molecule has 1 heterocycles. The topological polar surface area (TPSA) is 110 Å². The lowest BCUT2D eigenvalue weighted by Gasteiger charge is -2.12. The molecule has 0 atom stereocenters. The molecule has 0 saturated carbocycles. The van der Waals surface area contributed by atoms with Crippen LogP contribution in [0.3, 0.4) is 0 Å². The molecule has 33 heavy (non-hydrogen) atoms. The SMILES string of the molecule is O=C(Nc1ccc(OCCOCCNc2ccccn2)cc1C(=O)O)c1ccc(Cl)cc1Cl. The Morgan fingerprint density at radius 2 is 1.82 bits per heavy atom. The Morgan fingerprint density at radius 3 is 2.55 bits per heavy atom. The molecule has 1 aromatic heterocycles. The second-order valence-electron chi connectivity index (χ2n) is 6.69. The number of aromatic carboxylic acids is 1. The molecule has 0 radical (unpaired) electrons. The Bertz CT molecular complexity index is 1110. The summed E-state index contributed by atoms with van der Waals surface area (Å²) >= 11 is 11.9. The van der Waals surface area contributed by atoms with Crippen molar-refractivity contribution in [1.29, 1.82) is 0 Å². The van der Waals surface area contributed by atoms with Crippen LogP contribution < -0.4 is 15.4 Å². The first kappa shape index (κ1) is 24.3. The maximum atomic E-state index is 12.5. The summed E-state index contributed by atoms with van der Waals surface area (Å²) in [7, 11) is 0. The predicted octanol–water partition coefficient (Wildman–Crippen LogP) is 4.85. The van der Waals surface area contributed by atoms with Gasteiger partial charge in [-0.3, -0.25) is 4.79 Å². The lowest BCUT2D eigenvalue weighted by atomic mass is 10.1. The van der Waals surface area contributed by atoms with Gasteiger partial charge >= 0.3 is 5.97 Å². The van der Waals surface area contributed by atoms with E-state index in [1.807, 2.05) is 18.2 Å². The summed E-state index contributed by atoms with van der Waals surface area (Å²) < 4.78 is 11.1. The Labute approximate surface area is 200 Å². The molecule has 2 aromatic carbocycles. The first-order valence-electron chi connectivity index (χ1n) is 9.93. The highest BCUT2D eigenvalue weighted by atomic mass is 35.5. The molecule has 10 heteroatoms. The standard InChI is InChI=1S/C23H21Cl2N3O5/c24-15-4-6-17(19(25)13-15)22(29)28-20-7-5-16(14-18(20)23(30)31)33-12-11-32-10-9-27-21-3-1-2-8-26-21/h1-8,13-14H,9-12H2,(H,26,27)(H,28,29)(H,30,31). The van der Waals surface area contributed by atoms with Crippen LogP contribution in [0.4, 0.5) is 11.5 Å². The van der Waals surface area contributed by atoms with Crippen molar-refractivity contribution in [2.24, 2.45) is 0 Å². The van der Waals surface area contributed by atoms with Gasteiger partial charge in [-0.25, -0.2) is 9.78 Å². The van der Waals surface area contributed by atoms with Gasteiger partial charge in [0.1, 0.15) is 18.2 Å². The van der Waals surface area contributed by atoms with Crippen LogP contribution in [0.25, 0.3) is 0 Å². The molecule has 3 aromatic rings. The quantitative estimate of drug-likeness (QED) is 0.330. The van der Waals surface area contributed by atoms with Crippen molar-refractivity contribution in [1.82, 2.24) is 4.98 Å². The maximum absolute atomic E-state index is 12.5. The third-order valence-corrected chi connectivity index (χ3v) is 4.91. The number of carbonyl (C=O) groups excluding carboxylic acids is 1. The number of benzene rings is 2. The first-order chi connectivity index (χ1) is 15.9. The molecule has 0 spiro atoms. The van der Waals surface area contributed by atoms with E-state index >= 15 is 0 Å². The zero-order chi connectivity index (χ0) is 23.6. The Kier molecular flexibility index (Phi) is 8.88. The van der Waals surface area contributed by atoms with E-state index in [0.717, 1.165) is 5.82 Å². The van der Waals surface area contributed by atoms with E-state index in [2.05, 4.69) is 15.6 Å². The van der Waals surface area contributed by atoms with Crippen molar-refractivity contribution in [3.63, 3.8) is 0 Å². The minimum Gasteiger partial charge on any atom is -0.491 e. The van der Waals surface area contributed by atoms with Gasteiger partial charge in [0.25, 0.3) is 5.91 Å². The van der Waals surface area contributed by atoms with Gasteiger partial charge in [0, 0.05) is 17.8 Å². The summed E-state index contributed by atoms with van der Waals surface area (Å²) in [6.07, 6.45) is 1.70. The number of carboxylic acid groups (broad SMARTS) is 1. The van der Waals surface area contributed by atoms with E-state index in [4.69, 9.17) is 32.7 Å².